The number of hydrogen-bond acceptors (Lipinski definition) is 3. The fourth-order valence-electron chi connectivity index (χ4n) is 4.65. The van der Waals surface area contributed by atoms with E-state index in [0.717, 1.165) is 0 Å². The van der Waals surface area contributed by atoms with Crippen LogP contribution in [-0.2, 0) is 9.53 Å². The van der Waals surface area contributed by atoms with Crippen LogP contribution in [-0.4, -0.2) is 26.7 Å². The summed E-state index contributed by atoms with van der Waals surface area (Å²) in [5.74, 6) is -0.260. The average Bonchev–Trinajstić information content (AvgIpc) is 2.84. The van der Waals surface area contributed by atoms with E-state index in [2.05, 4.69) is 89.7 Å². The SMILES string of the molecule is CCOC(=O)CC[C@H](N=[N+]=[N-])[C@H](C)[Si](c1ccccc1)(c1ccccc1)c1ccccc1. The van der Waals surface area contributed by atoms with Crippen LogP contribution in [0.15, 0.2) is 96.1 Å². The molecule has 3 rings (SSSR count). The predicted octanol–water partition coefficient (Wildman–Crippen LogP) is 4.57. The molecule has 0 amide bonds. The van der Waals surface area contributed by atoms with Gasteiger partial charge in [0, 0.05) is 17.4 Å². The molecule has 5 nitrogen and oxygen atoms in total. The summed E-state index contributed by atoms with van der Waals surface area (Å²) in [6.45, 7) is 4.31. The van der Waals surface area contributed by atoms with Crippen LogP contribution in [0.4, 0.5) is 0 Å². The second kappa shape index (κ2) is 11.3. The monoisotopic (exact) mass is 443 g/mol. The van der Waals surface area contributed by atoms with E-state index in [9.17, 15) is 10.3 Å². The van der Waals surface area contributed by atoms with Crippen LogP contribution in [0, 0.1) is 0 Å². The molecular formula is C26H29N3O2Si. The van der Waals surface area contributed by atoms with Gasteiger partial charge in [0.05, 0.1) is 6.61 Å². The van der Waals surface area contributed by atoms with Gasteiger partial charge in [0.2, 0.25) is 0 Å². The van der Waals surface area contributed by atoms with E-state index in [1.807, 2.05) is 18.2 Å². The van der Waals surface area contributed by atoms with Crippen LogP contribution in [0.5, 0.6) is 0 Å². The van der Waals surface area contributed by atoms with Crippen molar-refractivity contribution in [3.8, 4) is 0 Å². The lowest BCUT2D eigenvalue weighted by atomic mass is 10.1. The molecule has 2 atom stereocenters. The van der Waals surface area contributed by atoms with Gasteiger partial charge < -0.3 is 4.74 Å². The molecule has 0 spiro atoms. The first-order valence-corrected chi connectivity index (χ1v) is 13.1. The van der Waals surface area contributed by atoms with Gasteiger partial charge in [-0.1, -0.05) is 103 Å². The van der Waals surface area contributed by atoms with Gasteiger partial charge in [0.15, 0.2) is 8.07 Å². The van der Waals surface area contributed by atoms with E-state index in [4.69, 9.17) is 4.74 Å². The molecule has 0 aliphatic rings. The number of hydrogen-bond donors (Lipinski definition) is 0. The fraction of sp³-hybridized carbons (Fsp3) is 0.269. The highest BCUT2D eigenvalue weighted by Gasteiger charge is 2.46. The third-order valence-electron chi connectivity index (χ3n) is 6.10. The highest BCUT2D eigenvalue weighted by Crippen LogP contribution is 2.30. The topological polar surface area (TPSA) is 75.1 Å². The summed E-state index contributed by atoms with van der Waals surface area (Å²) in [4.78, 5) is 15.3. The molecular weight excluding hydrogens is 414 g/mol. The molecule has 164 valence electrons. The summed E-state index contributed by atoms with van der Waals surface area (Å²) in [7, 11) is -2.64. The smallest absolute Gasteiger partial charge is 0.305 e. The molecule has 0 unspecified atom stereocenters. The molecule has 3 aromatic rings. The number of nitrogens with zero attached hydrogens (tertiary/aromatic N) is 3. The minimum atomic E-state index is -2.64. The van der Waals surface area contributed by atoms with Crippen molar-refractivity contribution < 1.29 is 9.53 Å². The summed E-state index contributed by atoms with van der Waals surface area (Å²) in [6, 6.07) is 31.2. The Hall–Kier alpha value is -3.34. The van der Waals surface area contributed by atoms with Gasteiger partial charge in [0.25, 0.3) is 0 Å². The van der Waals surface area contributed by atoms with Crippen molar-refractivity contribution in [1.82, 2.24) is 0 Å². The molecule has 6 heteroatoms. The Bertz CT molecular complexity index is 942. The molecule has 0 radical (unpaired) electrons. The minimum absolute atomic E-state index is 0.0000246. The molecule has 0 fully saturated rings. The van der Waals surface area contributed by atoms with Crippen molar-refractivity contribution in [2.75, 3.05) is 6.61 Å². The van der Waals surface area contributed by atoms with Crippen molar-refractivity contribution in [1.29, 1.82) is 0 Å². The number of rotatable bonds is 10. The average molecular weight is 444 g/mol. The number of esters is 1. The molecule has 0 heterocycles. The first kappa shape index (κ1) is 23.3. The van der Waals surface area contributed by atoms with Crippen molar-refractivity contribution in [3.05, 3.63) is 101 Å². The van der Waals surface area contributed by atoms with Crippen LogP contribution >= 0.6 is 0 Å². The standard InChI is InChI=1S/C26H29N3O2Si/c1-3-31-26(30)20-19-25(28-29-27)21(2)32(22-13-7-4-8-14-22,23-15-9-5-10-16-23)24-17-11-6-12-18-24/h4-18,21,25H,3,19-20H2,1-2H3/t21-,25-/m0/s1. The zero-order chi connectivity index (χ0) is 22.8. The normalized spacial score (nSPS) is 12.9. The van der Waals surface area contributed by atoms with Gasteiger partial charge in [0.1, 0.15) is 0 Å². The third kappa shape index (κ3) is 4.93. The lowest BCUT2D eigenvalue weighted by Crippen LogP contribution is -2.70. The quantitative estimate of drug-likeness (QED) is 0.115. The Labute approximate surface area is 190 Å². The fourth-order valence-corrected chi connectivity index (χ4v) is 10.2. The van der Waals surface area contributed by atoms with Crippen molar-refractivity contribution in [2.24, 2.45) is 5.11 Å². The molecule has 3 aromatic carbocycles. The molecule has 32 heavy (non-hydrogen) atoms. The Morgan fingerprint density at radius 3 is 1.72 bits per heavy atom. The summed E-state index contributed by atoms with van der Waals surface area (Å²) in [6.07, 6.45) is 0.677. The van der Waals surface area contributed by atoms with Crippen LogP contribution in [0.1, 0.15) is 26.7 Å². The Morgan fingerprint density at radius 1 is 0.906 bits per heavy atom. The van der Waals surface area contributed by atoms with E-state index in [-0.39, 0.29) is 24.0 Å². The van der Waals surface area contributed by atoms with Gasteiger partial charge in [-0.2, -0.15) is 0 Å². The minimum Gasteiger partial charge on any atom is -0.466 e. The Morgan fingerprint density at radius 2 is 1.34 bits per heavy atom. The highest BCUT2D eigenvalue weighted by atomic mass is 28.3. The van der Waals surface area contributed by atoms with Crippen LogP contribution in [0.25, 0.3) is 10.4 Å². The first-order chi connectivity index (χ1) is 15.6. The van der Waals surface area contributed by atoms with Gasteiger partial charge >= 0.3 is 5.97 Å². The van der Waals surface area contributed by atoms with Crippen molar-refractivity contribution >= 4 is 29.6 Å². The van der Waals surface area contributed by atoms with Gasteiger partial charge in [-0.25, -0.2) is 0 Å². The number of benzene rings is 3. The maximum absolute atomic E-state index is 12.1. The second-order valence-electron chi connectivity index (χ2n) is 7.81. The van der Waals surface area contributed by atoms with E-state index in [0.29, 0.717) is 13.0 Å². The Kier molecular flexibility index (Phi) is 8.25. The summed E-state index contributed by atoms with van der Waals surface area (Å²) < 4.78 is 5.13. The summed E-state index contributed by atoms with van der Waals surface area (Å²) >= 11 is 0. The third-order valence-corrected chi connectivity index (χ3v) is 11.6. The van der Waals surface area contributed by atoms with E-state index >= 15 is 0 Å². The van der Waals surface area contributed by atoms with Crippen LogP contribution in [0.2, 0.25) is 5.54 Å². The molecule has 0 bridgehead atoms. The molecule has 0 aliphatic carbocycles. The predicted molar refractivity (Wildman–Crippen MR) is 132 cm³/mol. The van der Waals surface area contributed by atoms with Crippen LogP contribution in [0.3, 0.4) is 0 Å². The zero-order valence-corrected chi connectivity index (χ0v) is 19.6. The zero-order valence-electron chi connectivity index (χ0n) is 18.6. The van der Waals surface area contributed by atoms with Crippen LogP contribution < -0.4 is 15.6 Å². The molecule has 0 aromatic heterocycles. The molecule has 0 saturated heterocycles. The molecule has 0 saturated carbocycles. The number of carbonyl (C=O) groups excluding carboxylic acids is 1. The Balaban J connectivity index is 2.20. The van der Waals surface area contributed by atoms with Gasteiger partial charge in [-0.3, -0.25) is 4.79 Å². The maximum atomic E-state index is 12.1. The molecule has 0 aliphatic heterocycles. The van der Waals surface area contributed by atoms with E-state index < -0.39 is 8.07 Å². The highest BCUT2D eigenvalue weighted by molar-refractivity contribution is 7.12. The second-order valence-corrected chi connectivity index (χ2v) is 12.1. The number of azide groups is 1. The lowest BCUT2D eigenvalue weighted by molar-refractivity contribution is -0.143. The number of carbonyl (C=O) groups is 1. The largest absolute Gasteiger partial charge is 0.466 e. The van der Waals surface area contributed by atoms with Gasteiger partial charge in [-0.15, -0.1) is 0 Å². The van der Waals surface area contributed by atoms with Crippen molar-refractivity contribution in [3.63, 3.8) is 0 Å². The lowest BCUT2D eigenvalue weighted by Gasteiger charge is -2.41. The number of ether oxygens (including phenoxy) is 1. The first-order valence-electron chi connectivity index (χ1n) is 11.0. The van der Waals surface area contributed by atoms with Gasteiger partial charge in [-0.05, 0) is 40.0 Å². The summed E-state index contributed by atoms with van der Waals surface area (Å²) in [5, 5.41) is 7.95. The van der Waals surface area contributed by atoms with E-state index in [1.54, 1.807) is 6.92 Å². The van der Waals surface area contributed by atoms with Crippen molar-refractivity contribution in [2.45, 2.75) is 38.3 Å². The van der Waals surface area contributed by atoms with E-state index in [1.165, 1.54) is 15.6 Å². The summed E-state index contributed by atoms with van der Waals surface area (Å²) in [5.41, 5.74) is 9.39. The maximum Gasteiger partial charge on any atom is 0.305 e. The molecule has 0 N–H and O–H groups in total.